The highest BCUT2D eigenvalue weighted by Crippen LogP contribution is 2.36. The van der Waals surface area contributed by atoms with E-state index >= 15 is 0 Å². The molecule has 4 rings (SSSR count). The number of H-pyrrole nitrogens is 1. The van der Waals surface area contributed by atoms with E-state index in [1.165, 1.54) is 28.2 Å². The van der Waals surface area contributed by atoms with Crippen molar-refractivity contribution in [1.29, 1.82) is 0 Å². The molecule has 2 unspecified atom stereocenters. The number of rotatable bonds is 12. The van der Waals surface area contributed by atoms with Gasteiger partial charge < -0.3 is 19.9 Å². The van der Waals surface area contributed by atoms with Crippen molar-refractivity contribution in [2.45, 2.75) is 31.4 Å². The molecule has 1 aliphatic rings. The lowest BCUT2D eigenvalue weighted by Gasteiger charge is -2.30. The zero-order valence-electron chi connectivity index (χ0n) is 19.7. The van der Waals surface area contributed by atoms with E-state index in [0.29, 0.717) is 13.2 Å². The van der Waals surface area contributed by atoms with E-state index in [-0.39, 0.29) is 19.3 Å². The van der Waals surface area contributed by atoms with E-state index in [9.17, 15) is 9.90 Å². The SMILES string of the molecule is O=C(C=Cc1ccc2c(c1)CCC2N(CCOCC(O)CO)CCc1c[nH]c2ccccc12)NO. The molecule has 1 amide bonds. The number of fused-ring (bicyclic) bond motifs is 2. The van der Waals surface area contributed by atoms with Crippen LogP contribution in [0.2, 0.25) is 0 Å². The summed E-state index contributed by atoms with van der Waals surface area (Å²) in [5, 5.41) is 28.5. The molecular weight excluding hydrogens is 446 g/mol. The number of hydrogen-bond acceptors (Lipinski definition) is 6. The first kappa shape index (κ1) is 25.1. The first-order valence-corrected chi connectivity index (χ1v) is 12.0. The normalized spacial score (nSPS) is 16.3. The Bertz CT molecular complexity index is 1160. The Kier molecular flexibility index (Phi) is 8.68. The molecule has 0 bridgehead atoms. The Morgan fingerprint density at radius 3 is 2.94 bits per heavy atom. The van der Waals surface area contributed by atoms with Gasteiger partial charge in [0.2, 0.25) is 0 Å². The Morgan fingerprint density at radius 2 is 2.11 bits per heavy atom. The van der Waals surface area contributed by atoms with E-state index in [0.717, 1.165) is 36.9 Å². The van der Waals surface area contributed by atoms with E-state index in [2.05, 4.69) is 46.4 Å². The van der Waals surface area contributed by atoms with Crippen molar-refractivity contribution in [2.75, 3.05) is 32.9 Å². The van der Waals surface area contributed by atoms with Crippen molar-refractivity contribution >= 4 is 22.9 Å². The molecule has 5 N–H and O–H groups in total. The lowest BCUT2D eigenvalue weighted by Crippen LogP contribution is -2.33. The van der Waals surface area contributed by atoms with Crippen molar-refractivity contribution in [3.63, 3.8) is 0 Å². The number of aliphatic hydroxyl groups is 2. The van der Waals surface area contributed by atoms with Crippen molar-refractivity contribution in [2.24, 2.45) is 0 Å². The molecule has 2 atom stereocenters. The molecule has 1 aliphatic carbocycles. The van der Waals surface area contributed by atoms with Gasteiger partial charge in [-0.3, -0.25) is 14.9 Å². The standard InChI is InChI=1S/C27H33N3O5/c31-17-22(32)18-35-14-13-30(12-11-21-16-28-25-4-2-1-3-23(21)25)26-9-7-20-15-19(5-8-24(20)26)6-10-27(33)29-34/h1-6,8,10,15-16,22,26,28,31-32,34H,7,9,11-14,17-18H2,(H,29,33). The fraction of sp³-hybridized carbons (Fsp3) is 0.370. The molecule has 0 radical (unpaired) electrons. The van der Waals surface area contributed by atoms with Gasteiger partial charge in [-0.15, -0.1) is 0 Å². The summed E-state index contributed by atoms with van der Waals surface area (Å²) >= 11 is 0. The fourth-order valence-corrected chi connectivity index (χ4v) is 4.79. The van der Waals surface area contributed by atoms with Gasteiger partial charge >= 0.3 is 0 Å². The van der Waals surface area contributed by atoms with Gasteiger partial charge in [-0.2, -0.15) is 0 Å². The minimum absolute atomic E-state index is 0.116. The van der Waals surface area contributed by atoms with Gasteiger partial charge in [0.1, 0.15) is 6.10 Å². The van der Waals surface area contributed by atoms with E-state index in [1.54, 1.807) is 11.6 Å². The third kappa shape index (κ3) is 6.36. The van der Waals surface area contributed by atoms with Crippen LogP contribution in [-0.2, 0) is 22.4 Å². The van der Waals surface area contributed by atoms with Crippen LogP contribution >= 0.6 is 0 Å². The van der Waals surface area contributed by atoms with Crippen LogP contribution in [0.4, 0.5) is 0 Å². The molecular formula is C27H33N3O5. The average molecular weight is 480 g/mol. The summed E-state index contributed by atoms with van der Waals surface area (Å²) in [7, 11) is 0. The largest absolute Gasteiger partial charge is 0.394 e. The van der Waals surface area contributed by atoms with Gasteiger partial charge in [0, 0.05) is 42.3 Å². The van der Waals surface area contributed by atoms with Crippen LogP contribution in [0.25, 0.3) is 17.0 Å². The zero-order valence-corrected chi connectivity index (χ0v) is 19.7. The Morgan fingerprint density at radius 1 is 1.26 bits per heavy atom. The number of hydroxylamine groups is 1. The smallest absolute Gasteiger partial charge is 0.267 e. The average Bonchev–Trinajstić information content (AvgIpc) is 3.50. The Balaban J connectivity index is 1.47. The molecule has 0 fully saturated rings. The maximum Gasteiger partial charge on any atom is 0.267 e. The third-order valence-electron chi connectivity index (χ3n) is 6.58. The Labute approximate surface area is 204 Å². The molecule has 35 heavy (non-hydrogen) atoms. The van der Waals surface area contributed by atoms with Crippen molar-refractivity contribution in [3.8, 4) is 0 Å². The number of aryl methyl sites for hydroxylation is 1. The highest BCUT2D eigenvalue weighted by atomic mass is 16.5. The molecule has 0 saturated heterocycles. The van der Waals surface area contributed by atoms with Gasteiger partial charge in [-0.25, -0.2) is 5.48 Å². The number of aromatic amines is 1. The van der Waals surface area contributed by atoms with Gasteiger partial charge in [0.05, 0.1) is 19.8 Å². The van der Waals surface area contributed by atoms with Crippen molar-refractivity contribution in [1.82, 2.24) is 15.4 Å². The summed E-state index contributed by atoms with van der Waals surface area (Å²) < 4.78 is 5.63. The van der Waals surface area contributed by atoms with Gasteiger partial charge in [-0.1, -0.05) is 36.4 Å². The summed E-state index contributed by atoms with van der Waals surface area (Å²) in [6.45, 7) is 1.84. The van der Waals surface area contributed by atoms with Crippen LogP contribution in [0, 0.1) is 0 Å². The van der Waals surface area contributed by atoms with Crippen LogP contribution in [0.15, 0.2) is 54.7 Å². The number of para-hydroxylation sites is 1. The number of nitrogens with one attached hydrogen (secondary N) is 2. The molecule has 0 aliphatic heterocycles. The molecule has 0 saturated carbocycles. The van der Waals surface area contributed by atoms with Crippen LogP contribution in [0.5, 0.6) is 0 Å². The summed E-state index contributed by atoms with van der Waals surface area (Å²) in [5.74, 6) is -0.557. The predicted molar refractivity (Wildman–Crippen MR) is 134 cm³/mol. The maximum atomic E-state index is 11.3. The van der Waals surface area contributed by atoms with E-state index in [1.807, 2.05) is 12.1 Å². The van der Waals surface area contributed by atoms with Gasteiger partial charge in [0.25, 0.3) is 5.91 Å². The summed E-state index contributed by atoms with van der Waals surface area (Å²) in [4.78, 5) is 17.1. The van der Waals surface area contributed by atoms with Crippen LogP contribution in [0.3, 0.4) is 0 Å². The number of aromatic nitrogens is 1. The predicted octanol–water partition coefficient (Wildman–Crippen LogP) is 2.59. The number of amides is 1. The second-order valence-corrected chi connectivity index (χ2v) is 8.88. The quantitative estimate of drug-likeness (QED) is 0.118. The number of benzene rings is 2. The number of hydrogen-bond donors (Lipinski definition) is 5. The number of aliphatic hydroxyl groups excluding tert-OH is 2. The van der Waals surface area contributed by atoms with E-state index in [4.69, 9.17) is 15.1 Å². The van der Waals surface area contributed by atoms with E-state index < -0.39 is 12.0 Å². The lowest BCUT2D eigenvalue weighted by atomic mass is 10.0. The highest BCUT2D eigenvalue weighted by Gasteiger charge is 2.28. The maximum absolute atomic E-state index is 11.3. The lowest BCUT2D eigenvalue weighted by molar-refractivity contribution is -0.124. The molecule has 1 heterocycles. The van der Waals surface area contributed by atoms with Crippen molar-refractivity contribution < 1.29 is 25.0 Å². The number of carbonyl (C=O) groups is 1. The summed E-state index contributed by atoms with van der Waals surface area (Å²) in [6.07, 6.45) is 7.05. The second kappa shape index (κ2) is 12.1. The van der Waals surface area contributed by atoms with Crippen LogP contribution in [-0.4, -0.2) is 70.2 Å². The zero-order chi connectivity index (χ0) is 24.6. The molecule has 3 aromatic rings. The molecule has 0 spiro atoms. The van der Waals surface area contributed by atoms with Crippen LogP contribution < -0.4 is 5.48 Å². The van der Waals surface area contributed by atoms with Gasteiger partial charge in [-0.05, 0) is 53.7 Å². The molecule has 8 heteroatoms. The minimum Gasteiger partial charge on any atom is -0.394 e. The summed E-state index contributed by atoms with van der Waals surface area (Å²) in [5.41, 5.74) is 7.48. The Hall–Kier alpha value is -3.01. The monoisotopic (exact) mass is 479 g/mol. The molecule has 1 aromatic heterocycles. The topological polar surface area (TPSA) is 118 Å². The first-order chi connectivity index (χ1) is 17.1. The number of carbonyl (C=O) groups excluding carboxylic acids is 1. The van der Waals surface area contributed by atoms with Crippen molar-refractivity contribution in [3.05, 3.63) is 77.0 Å². The molecule has 8 nitrogen and oxygen atoms in total. The number of ether oxygens (including phenoxy) is 1. The minimum atomic E-state index is -0.860. The molecule has 2 aromatic carbocycles. The first-order valence-electron chi connectivity index (χ1n) is 12.0. The van der Waals surface area contributed by atoms with Crippen LogP contribution in [0.1, 0.15) is 34.7 Å². The fourth-order valence-electron chi connectivity index (χ4n) is 4.79. The molecule has 186 valence electrons. The summed E-state index contributed by atoms with van der Waals surface area (Å²) in [6, 6.07) is 14.8. The highest BCUT2D eigenvalue weighted by molar-refractivity contribution is 5.90. The third-order valence-corrected chi connectivity index (χ3v) is 6.58. The number of nitrogens with zero attached hydrogens (tertiary/aromatic N) is 1. The second-order valence-electron chi connectivity index (χ2n) is 8.88. The van der Waals surface area contributed by atoms with Gasteiger partial charge in [0.15, 0.2) is 0 Å².